The number of aromatic hydroxyl groups is 1. The highest BCUT2D eigenvalue weighted by atomic mass is 16.3. The van der Waals surface area contributed by atoms with Crippen molar-refractivity contribution in [2.45, 2.75) is 46.5 Å². The number of likely N-dealkylation sites (tertiary alicyclic amines) is 1. The van der Waals surface area contributed by atoms with Crippen molar-refractivity contribution >= 4 is 29.3 Å². The van der Waals surface area contributed by atoms with E-state index in [1.54, 1.807) is 31.2 Å². The van der Waals surface area contributed by atoms with Crippen molar-refractivity contribution in [1.82, 2.24) is 4.90 Å². The van der Waals surface area contributed by atoms with Crippen LogP contribution in [0.3, 0.4) is 0 Å². The van der Waals surface area contributed by atoms with E-state index in [-0.39, 0.29) is 35.3 Å². The average molecular weight is 513 g/mol. The van der Waals surface area contributed by atoms with E-state index in [9.17, 15) is 24.3 Å². The van der Waals surface area contributed by atoms with Crippen molar-refractivity contribution in [3.8, 4) is 5.75 Å². The molecular formula is C31H32N2O5. The molecule has 6 atom stereocenters. The number of amides is 4. The Kier molecular flexibility index (Phi) is 5.42. The molecule has 2 heterocycles. The SMILES string of the molecule is CCN1C(=O)[C@H]2[C@H](CC=C3[C@H]2C[C@H]2C(=O)N(c4ccccc4)C(=O)[C@@]2(C)[C@H]3c2cc(C)c(O)c(C)c2)C1=O. The van der Waals surface area contributed by atoms with Crippen LogP contribution < -0.4 is 4.90 Å². The second kappa shape index (κ2) is 8.38. The third-order valence-corrected chi connectivity index (χ3v) is 9.54. The molecule has 1 N–H and O–H groups in total. The maximum Gasteiger partial charge on any atom is 0.241 e. The molecule has 7 heteroatoms. The van der Waals surface area contributed by atoms with Crippen LogP contribution in [-0.2, 0) is 19.2 Å². The van der Waals surface area contributed by atoms with Gasteiger partial charge in [0.2, 0.25) is 23.6 Å². The van der Waals surface area contributed by atoms with E-state index in [0.717, 1.165) is 11.1 Å². The van der Waals surface area contributed by atoms with Gasteiger partial charge in [-0.05, 0) is 75.3 Å². The maximum absolute atomic E-state index is 14.3. The summed E-state index contributed by atoms with van der Waals surface area (Å²) in [5, 5.41) is 10.5. The summed E-state index contributed by atoms with van der Waals surface area (Å²) in [6, 6.07) is 12.8. The zero-order valence-corrected chi connectivity index (χ0v) is 22.1. The van der Waals surface area contributed by atoms with Gasteiger partial charge in [0, 0.05) is 12.5 Å². The summed E-state index contributed by atoms with van der Waals surface area (Å²) in [6.45, 7) is 7.67. The summed E-state index contributed by atoms with van der Waals surface area (Å²) in [6.07, 6.45) is 2.85. The third kappa shape index (κ3) is 3.07. The summed E-state index contributed by atoms with van der Waals surface area (Å²) < 4.78 is 0. The van der Waals surface area contributed by atoms with Gasteiger partial charge in [-0.1, -0.05) is 42.0 Å². The number of benzene rings is 2. The van der Waals surface area contributed by atoms with Gasteiger partial charge in [-0.25, -0.2) is 4.90 Å². The van der Waals surface area contributed by atoms with E-state index >= 15 is 0 Å². The molecule has 4 aliphatic rings. The van der Waals surface area contributed by atoms with Gasteiger partial charge < -0.3 is 5.11 Å². The number of carbonyl (C=O) groups excluding carboxylic acids is 4. The van der Waals surface area contributed by atoms with Crippen molar-refractivity contribution in [3.63, 3.8) is 0 Å². The third-order valence-electron chi connectivity index (χ3n) is 9.54. The summed E-state index contributed by atoms with van der Waals surface area (Å²) in [5.41, 5.74) is 2.65. The van der Waals surface area contributed by atoms with Crippen LogP contribution in [0.15, 0.2) is 54.1 Å². The number of aryl methyl sites for hydroxylation is 2. The number of phenols is 1. The Morgan fingerprint density at radius 3 is 2.24 bits per heavy atom. The largest absolute Gasteiger partial charge is 0.507 e. The van der Waals surface area contributed by atoms with Crippen LogP contribution >= 0.6 is 0 Å². The Hall–Kier alpha value is -3.74. The van der Waals surface area contributed by atoms with Gasteiger partial charge in [0.1, 0.15) is 5.75 Å². The molecule has 2 aromatic carbocycles. The smallest absolute Gasteiger partial charge is 0.241 e. The molecule has 2 aliphatic carbocycles. The molecule has 0 spiro atoms. The normalized spacial score (nSPS) is 32.3. The van der Waals surface area contributed by atoms with Gasteiger partial charge >= 0.3 is 0 Å². The molecule has 0 aromatic heterocycles. The number of para-hydroxylation sites is 1. The van der Waals surface area contributed by atoms with Gasteiger partial charge in [0.05, 0.1) is 28.9 Å². The van der Waals surface area contributed by atoms with Gasteiger partial charge in [0.15, 0.2) is 0 Å². The molecule has 196 valence electrons. The first-order valence-corrected chi connectivity index (χ1v) is 13.4. The van der Waals surface area contributed by atoms with Crippen LogP contribution in [0.1, 0.15) is 49.3 Å². The molecule has 2 aromatic rings. The molecule has 7 nitrogen and oxygen atoms in total. The number of carbonyl (C=O) groups is 4. The van der Waals surface area contributed by atoms with Crippen molar-refractivity contribution in [1.29, 1.82) is 0 Å². The molecule has 2 saturated heterocycles. The number of allylic oxidation sites excluding steroid dienone is 2. The molecule has 2 aliphatic heterocycles. The first kappa shape index (κ1) is 24.6. The number of hydrogen-bond acceptors (Lipinski definition) is 5. The number of phenolic OH excluding ortho intramolecular Hbond substituents is 1. The molecular weight excluding hydrogens is 480 g/mol. The lowest BCUT2D eigenvalue weighted by molar-refractivity contribution is -0.140. The summed E-state index contributed by atoms with van der Waals surface area (Å²) >= 11 is 0. The molecule has 4 amide bonds. The van der Waals surface area contributed by atoms with Crippen LogP contribution in [0, 0.1) is 42.9 Å². The van der Waals surface area contributed by atoms with Crippen LogP contribution in [0.2, 0.25) is 0 Å². The van der Waals surface area contributed by atoms with Crippen molar-refractivity contribution in [2.24, 2.45) is 29.1 Å². The lowest BCUT2D eigenvalue weighted by Crippen LogP contribution is -2.48. The molecule has 0 radical (unpaired) electrons. The average Bonchev–Trinajstić information content (AvgIpc) is 3.26. The molecule has 0 bridgehead atoms. The predicted molar refractivity (Wildman–Crippen MR) is 141 cm³/mol. The molecule has 38 heavy (non-hydrogen) atoms. The zero-order valence-electron chi connectivity index (χ0n) is 22.1. The van der Waals surface area contributed by atoms with Crippen LogP contribution in [0.5, 0.6) is 5.75 Å². The topological polar surface area (TPSA) is 95.0 Å². The van der Waals surface area contributed by atoms with Gasteiger partial charge in [-0.15, -0.1) is 0 Å². The summed E-state index contributed by atoms with van der Waals surface area (Å²) in [4.78, 5) is 57.6. The van der Waals surface area contributed by atoms with Crippen molar-refractivity contribution in [3.05, 3.63) is 70.8 Å². The number of fused-ring (bicyclic) bond motifs is 4. The fourth-order valence-corrected chi connectivity index (χ4v) is 7.75. The maximum atomic E-state index is 14.3. The lowest BCUT2D eigenvalue weighted by atomic mass is 9.51. The predicted octanol–water partition coefficient (Wildman–Crippen LogP) is 4.26. The quantitative estimate of drug-likeness (QED) is 0.490. The molecule has 1 saturated carbocycles. The van der Waals surface area contributed by atoms with E-state index < -0.39 is 29.1 Å². The number of imide groups is 2. The second-order valence-electron chi connectivity index (χ2n) is 11.4. The van der Waals surface area contributed by atoms with Gasteiger partial charge in [-0.3, -0.25) is 24.1 Å². The Bertz CT molecular complexity index is 1410. The highest BCUT2D eigenvalue weighted by Crippen LogP contribution is 2.63. The van der Waals surface area contributed by atoms with Gasteiger partial charge in [-0.2, -0.15) is 0 Å². The highest BCUT2D eigenvalue weighted by molar-refractivity contribution is 6.24. The highest BCUT2D eigenvalue weighted by Gasteiger charge is 2.67. The molecule has 0 unspecified atom stereocenters. The lowest BCUT2D eigenvalue weighted by Gasteiger charge is -2.49. The number of anilines is 1. The number of rotatable bonds is 3. The first-order valence-electron chi connectivity index (χ1n) is 13.4. The standard InChI is InChI=1S/C31H32N2O5/c1-5-32-27(35)21-12-11-20-22(24(21)29(32)37)15-23-28(36)33(19-9-7-6-8-10-19)30(38)31(23,4)25(20)18-13-16(2)26(34)17(3)14-18/h6-11,13-14,21-25,34H,5,12,15H2,1-4H3/t21-,22+,23-,24-,25-,31+/m0/s1. The number of nitrogens with zero attached hydrogens (tertiary/aromatic N) is 2. The Labute approximate surface area is 222 Å². The van der Waals surface area contributed by atoms with E-state index in [1.165, 1.54) is 9.80 Å². The fourth-order valence-electron chi connectivity index (χ4n) is 7.75. The second-order valence-corrected chi connectivity index (χ2v) is 11.4. The van der Waals surface area contributed by atoms with Crippen LogP contribution in [0.25, 0.3) is 0 Å². The Morgan fingerprint density at radius 1 is 0.947 bits per heavy atom. The minimum atomic E-state index is -1.08. The first-order chi connectivity index (χ1) is 18.1. The van der Waals surface area contributed by atoms with Crippen LogP contribution in [0.4, 0.5) is 5.69 Å². The van der Waals surface area contributed by atoms with Crippen molar-refractivity contribution in [2.75, 3.05) is 11.4 Å². The van der Waals surface area contributed by atoms with E-state index in [4.69, 9.17) is 0 Å². The Balaban J connectivity index is 1.55. The van der Waals surface area contributed by atoms with E-state index in [2.05, 4.69) is 6.08 Å². The van der Waals surface area contributed by atoms with E-state index in [0.29, 0.717) is 36.2 Å². The Morgan fingerprint density at radius 2 is 1.61 bits per heavy atom. The van der Waals surface area contributed by atoms with Crippen LogP contribution in [-0.4, -0.2) is 40.2 Å². The van der Waals surface area contributed by atoms with Crippen molar-refractivity contribution < 1.29 is 24.3 Å². The molecule has 3 fully saturated rings. The molecule has 6 rings (SSSR count). The van der Waals surface area contributed by atoms with Gasteiger partial charge in [0.25, 0.3) is 0 Å². The summed E-state index contributed by atoms with van der Waals surface area (Å²) in [7, 11) is 0. The summed E-state index contributed by atoms with van der Waals surface area (Å²) in [5.74, 6) is -2.99. The van der Waals surface area contributed by atoms with E-state index in [1.807, 2.05) is 39.0 Å². The fraction of sp³-hybridized carbons (Fsp3) is 0.419. The minimum Gasteiger partial charge on any atom is -0.507 e. The monoisotopic (exact) mass is 512 g/mol. The number of hydrogen-bond donors (Lipinski definition) is 1. The minimum absolute atomic E-state index is 0.140. The zero-order chi connectivity index (χ0) is 27.1.